The van der Waals surface area contributed by atoms with Crippen molar-refractivity contribution in [3.63, 3.8) is 0 Å². The normalized spacial score (nSPS) is 10.5. The Morgan fingerprint density at radius 1 is 1.09 bits per heavy atom. The molecule has 11 heteroatoms. The summed E-state index contributed by atoms with van der Waals surface area (Å²) in [6, 6.07) is 8.20. The number of ether oxygens (including phenoxy) is 2. The van der Waals surface area contributed by atoms with E-state index in [1.165, 1.54) is 19.4 Å². The summed E-state index contributed by atoms with van der Waals surface area (Å²) in [6.45, 7) is 3.55. The molecule has 2 aromatic rings. The van der Waals surface area contributed by atoms with Crippen LogP contribution in [-0.2, 0) is 14.4 Å². The lowest BCUT2D eigenvalue weighted by atomic mass is 10.2. The van der Waals surface area contributed by atoms with Crippen molar-refractivity contribution in [2.24, 2.45) is 5.10 Å². The van der Waals surface area contributed by atoms with Gasteiger partial charge in [-0.05, 0) is 49.2 Å². The first-order valence-corrected chi connectivity index (χ1v) is 10.2. The molecule has 0 aromatic heterocycles. The average molecular weight is 481 g/mol. The summed E-state index contributed by atoms with van der Waals surface area (Å²) in [4.78, 5) is 35.1. The molecular weight excluding hydrogens is 459 g/mol. The second kappa shape index (κ2) is 11.9. The SMILES string of the molecule is CCNC(=O)C(=O)N/N=C\c1cc(Cl)c(OCC(=O)Nc2ccc(C)c(Cl)c2)c(OC)c1. The zero-order valence-electron chi connectivity index (χ0n) is 17.6. The third-order valence-electron chi connectivity index (χ3n) is 3.98. The number of benzene rings is 2. The number of anilines is 1. The van der Waals surface area contributed by atoms with Crippen LogP contribution in [0.1, 0.15) is 18.1 Å². The number of likely N-dealkylation sites (N-methyl/N-ethyl adjacent to an activating group) is 1. The Morgan fingerprint density at radius 3 is 2.50 bits per heavy atom. The van der Waals surface area contributed by atoms with Crippen LogP contribution in [-0.4, -0.2) is 44.2 Å². The average Bonchev–Trinajstić information content (AvgIpc) is 2.75. The number of halogens is 2. The number of hydrogen-bond donors (Lipinski definition) is 3. The molecule has 0 saturated carbocycles. The van der Waals surface area contributed by atoms with E-state index in [2.05, 4.69) is 21.2 Å². The van der Waals surface area contributed by atoms with Crippen molar-refractivity contribution in [1.29, 1.82) is 0 Å². The van der Waals surface area contributed by atoms with E-state index in [0.29, 0.717) is 22.8 Å². The molecule has 2 aromatic carbocycles. The molecule has 0 atom stereocenters. The van der Waals surface area contributed by atoms with Gasteiger partial charge in [0.15, 0.2) is 18.1 Å². The van der Waals surface area contributed by atoms with Crippen LogP contribution in [0.15, 0.2) is 35.4 Å². The number of hydrazone groups is 1. The zero-order valence-corrected chi connectivity index (χ0v) is 19.1. The second-order valence-electron chi connectivity index (χ2n) is 6.39. The number of carbonyl (C=O) groups excluding carboxylic acids is 3. The highest BCUT2D eigenvalue weighted by Crippen LogP contribution is 2.36. The van der Waals surface area contributed by atoms with Crippen molar-refractivity contribution in [2.45, 2.75) is 13.8 Å². The molecule has 32 heavy (non-hydrogen) atoms. The second-order valence-corrected chi connectivity index (χ2v) is 7.21. The quantitative estimate of drug-likeness (QED) is 0.305. The van der Waals surface area contributed by atoms with Crippen molar-refractivity contribution in [2.75, 3.05) is 25.6 Å². The van der Waals surface area contributed by atoms with Gasteiger partial charge in [-0.2, -0.15) is 5.10 Å². The lowest BCUT2D eigenvalue weighted by Crippen LogP contribution is -2.37. The molecule has 2 rings (SSSR count). The van der Waals surface area contributed by atoms with Gasteiger partial charge in [0.2, 0.25) is 0 Å². The van der Waals surface area contributed by atoms with Crippen LogP contribution in [0.3, 0.4) is 0 Å². The van der Waals surface area contributed by atoms with Gasteiger partial charge in [0, 0.05) is 17.3 Å². The minimum atomic E-state index is -0.901. The Labute approximate surface area is 195 Å². The van der Waals surface area contributed by atoms with E-state index >= 15 is 0 Å². The van der Waals surface area contributed by atoms with E-state index in [9.17, 15) is 14.4 Å². The molecule has 0 heterocycles. The third-order valence-corrected chi connectivity index (χ3v) is 4.67. The van der Waals surface area contributed by atoms with Gasteiger partial charge in [0.1, 0.15) is 0 Å². The third kappa shape index (κ3) is 7.14. The fourth-order valence-electron chi connectivity index (χ4n) is 2.42. The highest BCUT2D eigenvalue weighted by molar-refractivity contribution is 6.35. The molecule has 0 spiro atoms. The number of carbonyl (C=O) groups is 3. The molecule has 0 aliphatic rings. The van der Waals surface area contributed by atoms with E-state index in [-0.39, 0.29) is 23.1 Å². The molecule has 0 radical (unpaired) electrons. The minimum absolute atomic E-state index is 0.159. The van der Waals surface area contributed by atoms with Gasteiger partial charge in [-0.3, -0.25) is 14.4 Å². The Hall–Kier alpha value is -3.30. The Morgan fingerprint density at radius 2 is 1.84 bits per heavy atom. The Bertz CT molecular complexity index is 1040. The van der Waals surface area contributed by atoms with Crippen molar-refractivity contribution < 1.29 is 23.9 Å². The predicted octanol–water partition coefficient (Wildman–Crippen LogP) is 2.91. The van der Waals surface area contributed by atoms with Gasteiger partial charge in [-0.1, -0.05) is 29.3 Å². The molecule has 0 fully saturated rings. The van der Waals surface area contributed by atoms with E-state index < -0.39 is 17.7 Å². The number of nitrogens with one attached hydrogen (secondary N) is 3. The summed E-state index contributed by atoms with van der Waals surface area (Å²) in [7, 11) is 1.41. The van der Waals surface area contributed by atoms with Crippen molar-refractivity contribution in [1.82, 2.24) is 10.7 Å². The summed E-state index contributed by atoms with van der Waals surface area (Å²) >= 11 is 12.3. The molecule has 0 aliphatic carbocycles. The van der Waals surface area contributed by atoms with Gasteiger partial charge in [0.05, 0.1) is 18.3 Å². The fourth-order valence-corrected chi connectivity index (χ4v) is 2.87. The maximum Gasteiger partial charge on any atom is 0.329 e. The maximum atomic E-state index is 12.2. The first kappa shape index (κ1) is 25.0. The van der Waals surface area contributed by atoms with Gasteiger partial charge in [-0.25, -0.2) is 5.43 Å². The van der Waals surface area contributed by atoms with Crippen LogP contribution in [0.25, 0.3) is 0 Å². The van der Waals surface area contributed by atoms with E-state index in [1.807, 2.05) is 6.92 Å². The van der Waals surface area contributed by atoms with Gasteiger partial charge >= 0.3 is 11.8 Å². The first-order chi connectivity index (χ1) is 15.2. The van der Waals surface area contributed by atoms with Gasteiger partial charge in [-0.15, -0.1) is 0 Å². The van der Waals surface area contributed by atoms with Crippen LogP contribution in [0.5, 0.6) is 11.5 Å². The molecule has 0 unspecified atom stereocenters. The van der Waals surface area contributed by atoms with E-state index in [1.54, 1.807) is 31.2 Å². The molecule has 9 nitrogen and oxygen atoms in total. The summed E-state index contributed by atoms with van der Waals surface area (Å²) < 4.78 is 10.8. The minimum Gasteiger partial charge on any atom is -0.493 e. The van der Waals surface area contributed by atoms with Crippen LogP contribution in [0, 0.1) is 6.92 Å². The Kier molecular flexibility index (Phi) is 9.30. The van der Waals surface area contributed by atoms with Crippen molar-refractivity contribution in [3.05, 3.63) is 51.5 Å². The highest BCUT2D eigenvalue weighted by atomic mass is 35.5. The lowest BCUT2D eigenvalue weighted by molar-refractivity contribution is -0.139. The van der Waals surface area contributed by atoms with Crippen LogP contribution in [0.2, 0.25) is 10.0 Å². The van der Waals surface area contributed by atoms with Crippen LogP contribution >= 0.6 is 23.2 Å². The Balaban J connectivity index is 2.02. The van der Waals surface area contributed by atoms with Crippen LogP contribution < -0.4 is 25.5 Å². The largest absolute Gasteiger partial charge is 0.493 e. The van der Waals surface area contributed by atoms with E-state index in [4.69, 9.17) is 32.7 Å². The molecule has 3 amide bonds. The molecule has 170 valence electrons. The summed E-state index contributed by atoms with van der Waals surface area (Å²) in [5, 5.41) is 9.43. The van der Waals surface area contributed by atoms with Gasteiger partial charge < -0.3 is 20.1 Å². The number of aryl methyl sites for hydroxylation is 1. The monoisotopic (exact) mass is 480 g/mol. The molecule has 0 saturated heterocycles. The van der Waals surface area contributed by atoms with Gasteiger partial charge in [0.25, 0.3) is 5.91 Å². The zero-order chi connectivity index (χ0) is 23.7. The van der Waals surface area contributed by atoms with E-state index in [0.717, 1.165) is 5.56 Å². The maximum absolute atomic E-state index is 12.2. The number of amides is 3. The summed E-state index contributed by atoms with van der Waals surface area (Å²) in [5.41, 5.74) is 3.99. The highest BCUT2D eigenvalue weighted by Gasteiger charge is 2.14. The number of hydrogen-bond acceptors (Lipinski definition) is 6. The topological polar surface area (TPSA) is 118 Å². The molecular formula is C21H22Cl2N4O5. The van der Waals surface area contributed by atoms with Crippen LogP contribution in [0.4, 0.5) is 5.69 Å². The number of nitrogens with zero attached hydrogens (tertiary/aromatic N) is 1. The molecule has 0 bridgehead atoms. The number of methoxy groups -OCH3 is 1. The summed E-state index contributed by atoms with van der Waals surface area (Å²) in [6.07, 6.45) is 1.28. The standard InChI is InChI=1S/C21H22Cl2N4O5/c1-4-24-20(29)21(30)27-25-10-13-7-16(23)19(17(8-13)31-3)32-11-18(28)26-14-6-5-12(2)15(22)9-14/h5-10H,4,11H2,1-3H3,(H,24,29)(H,26,28)(H,27,30)/b25-10-. The molecule has 0 aliphatic heterocycles. The fraction of sp³-hybridized carbons (Fsp3) is 0.238. The van der Waals surface area contributed by atoms with Crippen molar-refractivity contribution in [3.8, 4) is 11.5 Å². The predicted molar refractivity (Wildman–Crippen MR) is 123 cm³/mol. The van der Waals surface area contributed by atoms with Crippen molar-refractivity contribution >= 4 is 52.8 Å². The summed E-state index contributed by atoms with van der Waals surface area (Å²) in [5.74, 6) is -1.70. The molecule has 3 N–H and O–H groups in total. The number of rotatable bonds is 8. The smallest absolute Gasteiger partial charge is 0.329 e. The first-order valence-electron chi connectivity index (χ1n) is 9.42. The lowest BCUT2D eigenvalue weighted by Gasteiger charge is -2.13.